The summed E-state index contributed by atoms with van der Waals surface area (Å²) in [6.45, 7) is 6.31. The summed E-state index contributed by atoms with van der Waals surface area (Å²) in [5.74, 6) is -1.93. The molecule has 0 spiro atoms. The lowest BCUT2D eigenvalue weighted by atomic mass is 9.68. The molecule has 1 atom stereocenters. The molecule has 1 unspecified atom stereocenters. The van der Waals surface area contributed by atoms with Gasteiger partial charge < -0.3 is 9.97 Å². The van der Waals surface area contributed by atoms with Crippen molar-refractivity contribution in [2.24, 2.45) is 0 Å². The van der Waals surface area contributed by atoms with Gasteiger partial charge in [0.25, 0.3) is 17.7 Å². The first-order chi connectivity index (χ1) is 20.6. The van der Waals surface area contributed by atoms with E-state index in [1.54, 1.807) is 18.2 Å². The standard InChI is InChI=1S/C32H27BN4O6/c1-17-20-8-4-5-10-23(20)33-37(17)32(2,3)22-15-18(11-13-25(22)43-33)28(39)34-16-19-7-6-9-21-27(19)31(42)36(30(21)41)24-12-14-26(38)35-29(24)40/h4-11,13,15,24H,12,14,16H2,1-3H3,(H-,34,35,38,39,40)/p+1. The largest absolute Gasteiger partial charge is 0.760 e. The van der Waals surface area contributed by atoms with Crippen molar-refractivity contribution in [1.29, 1.82) is 0 Å². The number of carbonyl (C=O) groups excluding carboxylic acids is 5. The van der Waals surface area contributed by atoms with Gasteiger partial charge in [-0.1, -0.05) is 30.3 Å². The number of piperidine rings is 1. The Morgan fingerprint density at radius 1 is 1.05 bits per heavy atom. The molecule has 0 radical (unpaired) electrons. The third kappa shape index (κ3) is 3.94. The second kappa shape index (κ2) is 9.48. The summed E-state index contributed by atoms with van der Waals surface area (Å²) in [6, 6.07) is 17.3. The fraction of sp³-hybridized carbons (Fsp3) is 0.250. The highest BCUT2D eigenvalue weighted by Gasteiger charge is 2.58. The average Bonchev–Trinajstić information content (AvgIpc) is 3.42. The zero-order chi connectivity index (χ0) is 30.2. The predicted molar refractivity (Wildman–Crippen MR) is 156 cm³/mol. The van der Waals surface area contributed by atoms with Crippen LogP contribution in [-0.4, -0.2) is 57.7 Å². The van der Waals surface area contributed by atoms with Crippen LogP contribution < -0.4 is 20.8 Å². The third-order valence-corrected chi connectivity index (χ3v) is 8.95. The Balaban J connectivity index is 1.13. The minimum Gasteiger partial charge on any atom is -0.496 e. The van der Waals surface area contributed by atoms with E-state index in [-0.39, 0.29) is 43.5 Å². The number of hydrogen-bond acceptors (Lipinski definition) is 6. The molecule has 3 aromatic rings. The van der Waals surface area contributed by atoms with Crippen LogP contribution in [0.15, 0.2) is 60.7 Å². The van der Waals surface area contributed by atoms with Crippen molar-refractivity contribution in [2.75, 3.05) is 0 Å². The Bertz CT molecular complexity index is 1850. The molecule has 0 bridgehead atoms. The highest BCUT2D eigenvalue weighted by molar-refractivity contribution is 6.65. The summed E-state index contributed by atoms with van der Waals surface area (Å²) < 4.78 is 8.69. The molecule has 0 aromatic heterocycles. The lowest BCUT2D eigenvalue weighted by molar-refractivity contribution is -0.500. The molecule has 1 saturated heterocycles. The van der Waals surface area contributed by atoms with Crippen LogP contribution in [0, 0.1) is 0 Å². The molecule has 43 heavy (non-hydrogen) atoms. The Hall–Kier alpha value is -5.06. The second-order valence-electron chi connectivity index (χ2n) is 11.8. The van der Waals surface area contributed by atoms with E-state index in [4.69, 9.17) is 4.65 Å². The van der Waals surface area contributed by atoms with E-state index < -0.39 is 35.2 Å². The maximum Gasteiger partial charge on any atom is 0.760 e. The molecule has 1 fully saturated rings. The minimum atomic E-state index is -1.06. The van der Waals surface area contributed by atoms with Gasteiger partial charge in [-0.15, -0.1) is 0 Å². The molecule has 2 N–H and O–H groups in total. The SMILES string of the molecule is CC1=[N+]2B(Oc3ccc(C(=O)NCc4cccc5c4C(=O)N(C4CCC(=O)NC4=O)C5=O)cc3C2(C)C)c2ccccc21. The zero-order valence-electron chi connectivity index (χ0n) is 23.9. The van der Waals surface area contributed by atoms with Crippen LogP contribution in [0.25, 0.3) is 0 Å². The summed E-state index contributed by atoms with van der Waals surface area (Å²) in [5, 5.41) is 5.09. The minimum absolute atomic E-state index is 0.00239. The van der Waals surface area contributed by atoms with Crippen LogP contribution in [0.2, 0.25) is 0 Å². The van der Waals surface area contributed by atoms with Gasteiger partial charge in [0.2, 0.25) is 11.8 Å². The molecule has 4 aliphatic heterocycles. The second-order valence-corrected chi connectivity index (χ2v) is 11.8. The monoisotopic (exact) mass is 575 g/mol. The highest BCUT2D eigenvalue weighted by Crippen LogP contribution is 2.40. The van der Waals surface area contributed by atoms with Crippen LogP contribution >= 0.6 is 0 Å². The quantitative estimate of drug-likeness (QED) is 0.362. The first kappa shape index (κ1) is 26.8. The Morgan fingerprint density at radius 3 is 2.60 bits per heavy atom. The molecule has 10 nitrogen and oxygen atoms in total. The number of nitrogens with zero attached hydrogens (tertiary/aromatic N) is 2. The predicted octanol–water partition coefficient (Wildman–Crippen LogP) is 1.88. The van der Waals surface area contributed by atoms with Crippen LogP contribution in [0.5, 0.6) is 5.75 Å². The summed E-state index contributed by atoms with van der Waals surface area (Å²) in [6.07, 6.45) is 0.112. The highest BCUT2D eigenvalue weighted by atomic mass is 16.4. The van der Waals surface area contributed by atoms with Crippen molar-refractivity contribution in [3.8, 4) is 5.75 Å². The number of imide groups is 2. The lowest BCUT2D eigenvalue weighted by Crippen LogP contribution is -2.55. The van der Waals surface area contributed by atoms with Gasteiger partial charge in [-0.05, 0) is 42.3 Å². The van der Waals surface area contributed by atoms with Gasteiger partial charge in [0.15, 0.2) is 11.3 Å². The molecule has 11 heteroatoms. The van der Waals surface area contributed by atoms with E-state index in [1.807, 2.05) is 24.3 Å². The lowest BCUT2D eigenvalue weighted by Gasteiger charge is -2.32. The average molecular weight is 575 g/mol. The van der Waals surface area contributed by atoms with E-state index in [2.05, 4.69) is 48.0 Å². The molecule has 5 amide bonds. The van der Waals surface area contributed by atoms with Crippen molar-refractivity contribution in [1.82, 2.24) is 15.5 Å². The number of hydrogen-bond donors (Lipinski definition) is 2. The molecule has 3 aromatic carbocycles. The summed E-state index contributed by atoms with van der Waals surface area (Å²) in [4.78, 5) is 64.9. The number of nitrogens with one attached hydrogen (secondary N) is 2. The van der Waals surface area contributed by atoms with Gasteiger partial charge in [0.05, 0.1) is 22.2 Å². The van der Waals surface area contributed by atoms with Crippen molar-refractivity contribution in [2.45, 2.75) is 51.7 Å². The van der Waals surface area contributed by atoms with Crippen LogP contribution in [0.3, 0.4) is 0 Å². The van der Waals surface area contributed by atoms with Crippen molar-refractivity contribution < 1.29 is 33.1 Å². The molecular weight excluding hydrogens is 547 g/mol. The van der Waals surface area contributed by atoms with Gasteiger partial charge in [0.1, 0.15) is 11.8 Å². The molecule has 0 aliphatic carbocycles. The van der Waals surface area contributed by atoms with E-state index in [0.717, 1.165) is 27.2 Å². The third-order valence-electron chi connectivity index (χ3n) is 8.95. The molecule has 7 rings (SSSR count). The van der Waals surface area contributed by atoms with Crippen LogP contribution in [-0.2, 0) is 21.7 Å². The van der Waals surface area contributed by atoms with Crippen molar-refractivity contribution >= 4 is 47.8 Å². The maximum absolute atomic E-state index is 13.4. The molecular formula is C32H28BN4O6+. The fourth-order valence-corrected chi connectivity index (χ4v) is 6.83. The number of amides is 5. The normalized spacial score (nSPS) is 19.8. The van der Waals surface area contributed by atoms with Crippen LogP contribution in [0.4, 0.5) is 0 Å². The van der Waals surface area contributed by atoms with Gasteiger partial charge in [-0.3, -0.25) is 38.7 Å². The topological polar surface area (TPSA) is 125 Å². The Kier molecular flexibility index (Phi) is 5.92. The number of carbonyl (C=O) groups is 5. The first-order valence-electron chi connectivity index (χ1n) is 14.2. The van der Waals surface area contributed by atoms with Gasteiger partial charge in [-0.2, -0.15) is 0 Å². The maximum atomic E-state index is 13.4. The first-order valence-corrected chi connectivity index (χ1v) is 14.2. The number of fused-ring (bicyclic) bond motifs is 5. The Labute approximate surface area is 247 Å². The van der Waals surface area contributed by atoms with E-state index in [1.165, 1.54) is 6.07 Å². The van der Waals surface area contributed by atoms with Crippen LogP contribution in [0.1, 0.15) is 81.4 Å². The summed E-state index contributed by atoms with van der Waals surface area (Å²) in [5.41, 5.74) is 4.99. The summed E-state index contributed by atoms with van der Waals surface area (Å²) in [7, 11) is -0.251. The molecule has 214 valence electrons. The summed E-state index contributed by atoms with van der Waals surface area (Å²) >= 11 is 0. The molecule has 0 saturated carbocycles. The van der Waals surface area contributed by atoms with E-state index in [9.17, 15) is 24.0 Å². The van der Waals surface area contributed by atoms with E-state index >= 15 is 0 Å². The fourth-order valence-electron chi connectivity index (χ4n) is 6.83. The number of rotatable bonds is 4. The van der Waals surface area contributed by atoms with Crippen molar-refractivity contribution in [3.05, 3.63) is 94.0 Å². The van der Waals surface area contributed by atoms with Crippen molar-refractivity contribution in [3.63, 3.8) is 0 Å². The van der Waals surface area contributed by atoms with Gasteiger partial charge in [-0.25, -0.2) is 0 Å². The smallest absolute Gasteiger partial charge is 0.496 e. The van der Waals surface area contributed by atoms with E-state index in [0.29, 0.717) is 16.9 Å². The van der Waals surface area contributed by atoms with Gasteiger partial charge >= 0.3 is 7.05 Å². The number of benzene rings is 3. The molecule has 4 aliphatic rings. The zero-order valence-corrected chi connectivity index (χ0v) is 23.9. The van der Waals surface area contributed by atoms with Gasteiger partial charge in [0, 0.05) is 44.9 Å². The molecule has 4 heterocycles. The Morgan fingerprint density at radius 2 is 1.81 bits per heavy atom.